The molecule has 0 radical (unpaired) electrons. The molecule has 2 aromatic heterocycles. The third-order valence-corrected chi connectivity index (χ3v) is 7.82. The molecule has 1 aliphatic rings. The number of nitrogens with one attached hydrogen (secondary N) is 2. The van der Waals surface area contributed by atoms with Crippen LogP contribution in [0.5, 0.6) is 0 Å². The number of rotatable bonds is 5. The molecule has 7 nitrogen and oxygen atoms in total. The highest BCUT2D eigenvalue weighted by Gasteiger charge is 2.23. The second kappa shape index (κ2) is 8.28. The van der Waals surface area contributed by atoms with E-state index < -0.39 is 10.0 Å². The van der Waals surface area contributed by atoms with Crippen molar-refractivity contribution in [3.05, 3.63) is 70.3 Å². The highest BCUT2D eigenvalue weighted by atomic mass is 32.2. The average molecular weight is 464 g/mol. The van der Waals surface area contributed by atoms with Gasteiger partial charge in [-0.05, 0) is 73.5 Å². The number of benzene rings is 2. The fraction of sp³-hybridized carbons (Fsp3) is 0.280. The van der Waals surface area contributed by atoms with Crippen LogP contribution < -0.4 is 10.3 Å². The summed E-state index contributed by atoms with van der Waals surface area (Å²) in [6.07, 6.45) is 3.79. The molecule has 0 saturated heterocycles. The molecule has 1 aliphatic carbocycles. The number of hydrogen-bond acceptors (Lipinski definition) is 5. The lowest BCUT2D eigenvalue weighted by molar-refractivity contribution is 0.393. The summed E-state index contributed by atoms with van der Waals surface area (Å²) in [5.74, 6) is 0.726. The molecule has 170 valence electrons. The fourth-order valence-corrected chi connectivity index (χ4v) is 5.98. The molecule has 0 aliphatic heterocycles. The van der Waals surface area contributed by atoms with Gasteiger partial charge in [0.2, 0.25) is 10.0 Å². The minimum atomic E-state index is -3.66. The summed E-state index contributed by atoms with van der Waals surface area (Å²) in [5, 5.41) is 4.86. The number of sulfonamides is 1. The van der Waals surface area contributed by atoms with Crippen molar-refractivity contribution in [2.45, 2.75) is 50.5 Å². The normalized spacial score (nSPS) is 14.8. The van der Waals surface area contributed by atoms with E-state index in [-0.39, 0.29) is 16.5 Å². The first-order valence-corrected chi connectivity index (χ1v) is 12.5. The van der Waals surface area contributed by atoms with Crippen molar-refractivity contribution in [2.75, 3.05) is 0 Å². The third-order valence-electron chi connectivity index (χ3n) is 6.30. The molecule has 2 aromatic carbocycles. The van der Waals surface area contributed by atoms with E-state index >= 15 is 0 Å². The monoisotopic (exact) mass is 463 g/mol. The van der Waals surface area contributed by atoms with Crippen molar-refractivity contribution in [1.82, 2.24) is 14.9 Å². The van der Waals surface area contributed by atoms with Crippen LogP contribution in [0.25, 0.3) is 33.2 Å². The summed E-state index contributed by atoms with van der Waals surface area (Å²) in [7, 11) is -3.66. The topological polar surface area (TPSA) is 105 Å². The molecule has 8 heteroatoms. The lowest BCUT2D eigenvalue weighted by Gasteiger charge is -2.13. The number of pyridine rings is 1. The first-order valence-electron chi connectivity index (χ1n) is 11.0. The molecule has 0 unspecified atom stereocenters. The van der Waals surface area contributed by atoms with Crippen molar-refractivity contribution in [1.29, 1.82) is 0 Å². The second-order valence-corrected chi connectivity index (χ2v) is 10.4. The Morgan fingerprint density at radius 2 is 1.82 bits per heavy atom. The highest BCUT2D eigenvalue weighted by Crippen LogP contribution is 2.30. The van der Waals surface area contributed by atoms with Gasteiger partial charge in [0.25, 0.3) is 5.56 Å². The van der Waals surface area contributed by atoms with E-state index in [0.29, 0.717) is 16.6 Å². The Bertz CT molecular complexity index is 1490. The van der Waals surface area contributed by atoms with E-state index in [9.17, 15) is 13.2 Å². The maximum Gasteiger partial charge on any atom is 0.256 e. The van der Waals surface area contributed by atoms with Crippen molar-refractivity contribution >= 4 is 20.9 Å². The summed E-state index contributed by atoms with van der Waals surface area (Å²) in [4.78, 5) is 15.9. The number of H-pyrrole nitrogens is 1. The Kier molecular flexibility index (Phi) is 5.42. The van der Waals surface area contributed by atoms with Gasteiger partial charge < -0.3 is 9.51 Å². The predicted octanol–water partition coefficient (Wildman–Crippen LogP) is 4.69. The summed E-state index contributed by atoms with van der Waals surface area (Å²) >= 11 is 0. The lowest BCUT2D eigenvalue weighted by atomic mass is 10.00. The quantitative estimate of drug-likeness (QED) is 0.447. The van der Waals surface area contributed by atoms with Crippen molar-refractivity contribution < 1.29 is 12.9 Å². The van der Waals surface area contributed by atoms with Crippen LogP contribution in [0.4, 0.5) is 0 Å². The van der Waals surface area contributed by atoms with Gasteiger partial charge in [0.1, 0.15) is 5.76 Å². The van der Waals surface area contributed by atoms with Gasteiger partial charge in [-0.15, -0.1) is 0 Å². The minimum absolute atomic E-state index is 0.0227. The molecule has 0 bridgehead atoms. The number of fused-ring (bicyclic) bond motifs is 1. The Hall–Kier alpha value is -3.23. The molecule has 5 rings (SSSR count). The van der Waals surface area contributed by atoms with Crippen LogP contribution in [-0.4, -0.2) is 24.6 Å². The molecule has 0 amide bonds. The molecular weight excluding hydrogens is 438 g/mol. The summed E-state index contributed by atoms with van der Waals surface area (Å²) in [6.45, 7) is 3.75. The molecule has 0 spiro atoms. The van der Waals surface area contributed by atoms with Gasteiger partial charge in [0, 0.05) is 22.7 Å². The Morgan fingerprint density at radius 1 is 1.03 bits per heavy atom. The van der Waals surface area contributed by atoms with E-state index in [1.54, 1.807) is 30.3 Å². The van der Waals surface area contributed by atoms with Crippen LogP contribution in [-0.2, 0) is 10.0 Å². The maximum absolute atomic E-state index is 12.9. The van der Waals surface area contributed by atoms with E-state index in [0.717, 1.165) is 53.7 Å². The Labute approximate surface area is 191 Å². The summed E-state index contributed by atoms with van der Waals surface area (Å²) in [6, 6.07) is 14.1. The zero-order valence-electron chi connectivity index (χ0n) is 18.5. The largest absolute Gasteiger partial charge is 0.361 e. The molecule has 1 fully saturated rings. The third kappa shape index (κ3) is 4.12. The molecule has 1 saturated carbocycles. The minimum Gasteiger partial charge on any atom is -0.361 e. The van der Waals surface area contributed by atoms with Gasteiger partial charge in [-0.2, -0.15) is 0 Å². The van der Waals surface area contributed by atoms with E-state index in [4.69, 9.17) is 4.52 Å². The number of nitrogens with zero attached hydrogens (tertiary/aromatic N) is 1. The van der Waals surface area contributed by atoms with Crippen LogP contribution in [0.3, 0.4) is 0 Å². The van der Waals surface area contributed by atoms with Crippen LogP contribution in [0.2, 0.25) is 0 Å². The average Bonchev–Trinajstić information content (AvgIpc) is 3.42. The van der Waals surface area contributed by atoms with Crippen molar-refractivity contribution in [2.24, 2.45) is 0 Å². The van der Waals surface area contributed by atoms with Crippen LogP contribution in [0.15, 0.2) is 62.7 Å². The molecular formula is C25H25N3O4S. The Morgan fingerprint density at radius 3 is 2.55 bits per heavy atom. The van der Waals surface area contributed by atoms with Crippen LogP contribution >= 0.6 is 0 Å². The summed E-state index contributed by atoms with van der Waals surface area (Å²) < 4.78 is 33.9. The van der Waals surface area contributed by atoms with Gasteiger partial charge in [-0.25, -0.2) is 13.1 Å². The van der Waals surface area contributed by atoms with Gasteiger partial charge in [-0.3, -0.25) is 4.79 Å². The number of hydrogen-bond donors (Lipinski definition) is 2. The lowest BCUT2D eigenvalue weighted by Crippen LogP contribution is -2.32. The van der Waals surface area contributed by atoms with Crippen LogP contribution in [0, 0.1) is 13.8 Å². The molecule has 2 N–H and O–H groups in total. The maximum atomic E-state index is 12.9. The Balaban J connectivity index is 1.56. The van der Waals surface area contributed by atoms with Crippen molar-refractivity contribution in [3.63, 3.8) is 0 Å². The standard InChI is InChI=1S/C25H25N3O4S/c1-15-24(16(2)32-27-15)18-10-11-23-19(12-18)14-22(25(29)26-23)17-6-5-9-21(13-17)33(30,31)28-20-7-3-4-8-20/h5-6,9-14,20,28H,3-4,7-8H2,1-2H3,(H,26,29). The first kappa shape index (κ1) is 21.6. The zero-order chi connectivity index (χ0) is 23.2. The second-order valence-electron chi connectivity index (χ2n) is 8.64. The van der Waals surface area contributed by atoms with Gasteiger partial charge in [-0.1, -0.05) is 36.2 Å². The van der Waals surface area contributed by atoms with Crippen molar-refractivity contribution in [3.8, 4) is 22.3 Å². The molecule has 0 atom stereocenters. The first-order chi connectivity index (χ1) is 15.8. The molecule has 4 aromatic rings. The highest BCUT2D eigenvalue weighted by molar-refractivity contribution is 7.89. The van der Waals surface area contributed by atoms with E-state index in [2.05, 4.69) is 14.9 Å². The van der Waals surface area contributed by atoms with Gasteiger partial charge in [0.15, 0.2) is 0 Å². The number of aryl methyl sites for hydroxylation is 2. The zero-order valence-corrected chi connectivity index (χ0v) is 19.3. The number of aromatic amines is 1. The fourth-order valence-electron chi connectivity index (χ4n) is 4.63. The molecule has 2 heterocycles. The smallest absolute Gasteiger partial charge is 0.256 e. The van der Waals surface area contributed by atoms with Gasteiger partial charge in [0.05, 0.1) is 10.6 Å². The van der Waals surface area contributed by atoms with E-state index in [1.165, 1.54) is 0 Å². The van der Waals surface area contributed by atoms with Crippen LogP contribution in [0.1, 0.15) is 37.1 Å². The van der Waals surface area contributed by atoms with E-state index in [1.807, 2.05) is 32.0 Å². The number of aromatic nitrogens is 2. The SMILES string of the molecule is Cc1noc(C)c1-c1ccc2[nH]c(=O)c(-c3cccc(S(=O)(=O)NC4CCCC4)c3)cc2c1. The summed E-state index contributed by atoms with van der Waals surface area (Å²) in [5.41, 5.74) is 4.05. The van der Waals surface area contributed by atoms with Gasteiger partial charge >= 0.3 is 0 Å². The predicted molar refractivity (Wildman–Crippen MR) is 128 cm³/mol. The molecule has 33 heavy (non-hydrogen) atoms.